The van der Waals surface area contributed by atoms with Crippen molar-refractivity contribution in [3.8, 4) is 11.3 Å². The van der Waals surface area contributed by atoms with Gasteiger partial charge >= 0.3 is 0 Å². The van der Waals surface area contributed by atoms with Gasteiger partial charge in [-0.05, 0) is 24.6 Å². The Morgan fingerprint density at radius 1 is 1.00 bits per heavy atom. The number of benzene rings is 2. The fourth-order valence-corrected chi connectivity index (χ4v) is 3.30. The van der Waals surface area contributed by atoms with Crippen molar-refractivity contribution in [3.63, 3.8) is 0 Å². The van der Waals surface area contributed by atoms with E-state index < -0.39 is 0 Å². The van der Waals surface area contributed by atoms with Crippen LogP contribution in [0.1, 0.15) is 32.4 Å². The van der Waals surface area contributed by atoms with Gasteiger partial charge in [-0.1, -0.05) is 56.3 Å². The van der Waals surface area contributed by atoms with Crippen molar-refractivity contribution >= 4 is 28.1 Å². The molecule has 2 aromatic carbocycles. The van der Waals surface area contributed by atoms with Gasteiger partial charge in [0.25, 0.3) is 0 Å². The Morgan fingerprint density at radius 3 is 2.35 bits per heavy atom. The number of amides is 1. The number of carbonyl (C=O) groups is 1. The van der Waals surface area contributed by atoms with Crippen LogP contribution in [-0.2, 0) is 4.79 Å². The summed E-state index contributed by atoms with van der Waals surface area (Å²) in [7, 11) is 0. The number of hydrogen-bond acceptors (Lipinski definition) is 4. The highest BCUT2D eigenvalue weighted by molar-refractivity contribution is 7.14. The fourth-order valence-electron chi connectivity index (χ4n) is 2.49. The van der Waals surface area contributed by atoms with Crippen molar-refractivity contribution in [2.75, 3.05) is 10.6 Å². The number of nitrogens with one attached hydrogen (secondary N) is 2. The number of carbonyl (C=O) groups excluding carboxylic acids is 1. The summed E-state index contributed by atoms with van der Waals surface area (Å²) in [5, 5.41) is 9.29. The maximum absolute atomic E-state index is 11.8. The smallest absolute Gasteiger partial charge is 0.226 e. The van der Waals surface area contributed by atoms with Gasteiger partial charge in [0.1, 0.15) is 0 Å². The Morgan fingerprint density at radius 2 is 1.69 bits per heavy atom. The third-order valence-electron chi connectivity index (χ3n) is 4.12. The van der Waals surface area contributed by atoms with Gasteiger partial charge in [0.05, 0.1) is 11.7 Å². The molecule has 4 nitrogen and oxygen atoms in total. The average molecular weight is 366 g/mol. The highest BCUT2D eigenvalue weighted by Gasteiger charge is 2.10. The van der Waals surface area contributed by atoms with E-state index >= 15 is 0 Å². The molecular formula is C21H23N3OS. The van der Waals surface area contributed by atoms with Crippen molar-refractivity contribution in [2.45, 2.75) is 26.8 Å². The van der Waals surface area contributed by atoms with E-state index in [9.17, 15) is 4.79 Å². The van der Waals surface area contributed by atoms with E-state index in [0.29, 0.717) is 0 Å². The first-order valence-electron chi connectivity index (χ1n) is 8.71. The van der Waals surface area contributed by atoms with Gasteiger partial charge in [0, 0.05) is 22.5 Å². The van der Waals surface area contributed by atoms with Crippen molar-refractivity contribution in [3.05, 3.63) is 65.5 Å². The summed E-state index contributed by atoms with van der Waals surface area (Å²) >= 11 is 1.59. The van der Waals surface area contributed by atoms with Gasteiger partial charge in [-0.25, -0.2) is 4.98 Å². The minimum absolute atomic E-state index is 0.0211. The van der Waals surface area contributed by atoms with E-state index in [1.54, 1.807) is 11.3 Å². The van der Waals surface area contributed by atoms with E-state index in [1.165, 1.54) is 5.56 Å². The van der Waals surface area contributed by atoms with Crippen LogP contribution in [0.2, 0.25) is 0 Å². The van der Waals surface area contributed by atoms with Gasteiger partial charge < -0.3 is 10.6 Å². The number of thiazole rings is 1. The molecule has 0 aliphatic carbocycles. The molecule has 1 heterocycles. The predicted molar refractivity (Wildman–Crippen MR) is 109 cm³/mol. The monoisotopic (exact) mass is 365 g/mol. The summed E-state index contributed by atoms with van der Waals surface area (Å²) < 4.78 is 0. The molecule has 0 aliphatic rings. The molecule has 0 saturated carbocycles. The van der Waals surface area contributed by atoms with Crippen LogP contribution in [0.4, 0.5) is 10.8 Å². The van der Waals surface area contributed by atoms with Gasteiger partial charge in [0.15, 0.2) is 5.13 Å². The zero-order chi connectivity index (χ0) is 18.5. The Labute approximate surface area is 158 Å². The molecule has 0 aliphatic heterocycles. The van der Waals surface area contributed by atoms with Crippen LogP contribution in [0.5, 0.6) is 0 Å². The van der Waals surface area contributed by atoms with E-state index in [1.807, 2.05) is 61.7 Å². The Hall–Kier alpha value is -2.66. The van der Waals surface area contributed by atoms with E-state index in [4.69, 9.17) is 0 Å². The zero-order valence-electron chi connectivity index (χ0n) is 15.2. The fraction of sp³-hybridized carbons (Fsp3) is 0.238. The van der Waals surface area contributed by atoms with Crippen LogP contribution in [0.3, 0.4) is 0 Å². The summed E-state index contributed by atoms with van der Waals surface area (Å²) in [5.74, 6) is -0.0127. The molecule has 0 saturated heterocycles. The summed E-state index contributed by atoms with van der Waals surface area (Å²) in [6.07, 6.45) is 0. The summed E-state index contributed by atoms with van der Waals surface area (Å²) in [5.41, 5.74) is 4.00. The number of rotatable bonds is 6. The molecule has 134 valence electrons. The van der Waals surface area contributed by atoms with Crippen LogP contribution in [0.25, 0.3) is 11.3 Å². The molecule has 3 aromatic rings. The lowest BCUT2D eigenvalue weighted by molar-refractivity contribution is -0.118. The number of hydrogen-bond donors (Lipinski definition) is 2. The highest BCUT2D eigenvalue weighted by atomic mass is 32.1. The van der Waals surface area contributed by atoms with E-state index in [-0.39, 0.29) is 17.9 Å². The second-order valence-electron chi connectivity index (χ2n) is 6.54. The molecule has 5 heteroatoms. The van der Waals surface area contributed by atoms with E-state index in [2.05, 4.69) is 34.7 Å². The molecule has 1 aromatic heterocycles. The van der Waals surface area contributed by atoms with Crippen molar-refractivity contribution in [2.24, 2.45) is 5.92 Å². The molecule has 1 amide bonds. The molecule has 26 heavy (non-hydrogen) atoms. The molecule has 0 radical (unpaired) electrons. The second kappa shape index (κ2) is 8.15. The zero-order valence-corrected chi connectivity index (χ0v) is 16.0. The molecule has 0 bridgehead atoms. The lowest BCUT2D eigenvalue weighted by atomic mass is 10.1. The first kappa shape index (κ1) is 18.1. The van der Waals surface area contributed by atoms with Crippen LogP contribution in [-0.4, -0.2) is 10.9 Å². The average Bonchev–Trinajstić information content (AvgIpc) is 3.11. The summed E-state index contributed by atoms with van der Waals surface area (Å²) in [6.45, 7) is 5.89. The van der Waals surface area contributed by atoms with E-state index in [0.717, 1.165) is 22.1 Å². The maximum atomic E-state index is 11.8. The minimum atomic E-state index is -0.0338. The van der Waals surface area contributed by atoms with Gasteiger partial charge in [-0.2, -0.15) is 0 Å². The van der Waals surface area contributed by atoms with Gasteiger partial charge in [-0.3, -0.25) is 4.79 Å². The minimum Gasteiger partial charge on any atom is -0.355 e. The normalized spacial score (nSPS) is 12.0. The standard InChI is InChI=1S/C21H23N3OS/c1-14(2)20(25)23-18-11-9-17(10-12-18)19-13-26-21(24-19)22-15(3)16-7-5-4-6-8-16/h4-15H,1-3H3,(H,22,24)(H,23,25)/t15-/m0/s1. The molecule has 0 spiro atoms. The van der Waals surface area contributed by atoms with Crippen molar-refractivity contribution in [1.29, 1.82) is 0 Å². The van der Waals surface area contributed by atoms with Crippen molar-refractivity contribution in [1.82, 2.24) is 4.98 Å². The summed E-state index contributed by atoms with van der Waals surface area (Å²) in [4.78, 5) is 16.4. The molecule has 3 rings (SSSR count). The SMILES string of the molecule is CC(C)C(=O)Nc1ccc(-c2csc(N[C@@H](C)c3ccccc3)n2)cc1. The van der Waals surface area contributed by atoms with Gasteiger partial charge in [-0.15, -0.1) is 11.3 Å². The molecule has 0 unspecified atom stereocenters. The summed E-state index contributed by atoms with van der Waals surface area (Å²) in [6, 6.07) is 18.3. The third kappa shape index (κ3) is 4.49. The first-order chi connectivity index (χ1) is 12.5. The first-order valence-corrected chi connectivity index (χ1v) is 9.59. The van der Waals surface area contributed by atoms with Crippen LogP contribution in [0, 0.1) is 5.92 Å². The highest BCUT2D eigenvalue weighted by Crippen LogP contribution is 2.28. The Kier molecular flexibility index (Phi) is 5.68. The maximum Gasteiger partial charge on any atom is 0.226 e. The molecular weight excluding hydrogens is 342 g/mol. The van der Waals surface area contributed by atoms with Crippen molar-refractivity contribution < 1.29 is 4.79 Å². The lowest BCUT2D eigenvalue weighted by Gasteiger charge is -2.12. The van der Waals surface area contributed by atoms with Crippen LogP contribution in [0.15, 0.2) is 60.0 Å². The predicted octanol–water partition coefficient (Wildman–Crippen LogP) is 5.58. The molecule has 0 fully saturated rings. The molecule has 2 N–H and O–H groups in total. The molecule has 1 atom stereocenters. The second-order valence-corrected chi connectivity index (χ2v) is 7.39. The van der Waals surface area contributed by atoms with Crippen LogP contribution >= 0.6 is 11.3 Å². The van der Waals surface area contributed by atoms with Gasteiger partial charge in [0.2, 0.25) is 5.91 Å². The van der Waals surface area contributed by atoms with Crippen LogP contribution < -0.4 is 10.6 Å². The Bertz CT molecular complexity index is 856. The quantitative estimate of drug-likeness (QED) is 0.600. The lowest BCUT2D eigenvalue weighted by Crippen LogP contribution is -2.17. The Balaban J connectivity index is 1.67. The number of aromatic nitrogens is 1. The largest absolute Gasteiger partial charge is 0.355 e. The number of nitrogens with zero attached hydrogens (tertiary/aromatic N) is 1. The topological polar surface area (TPSA) is 54.0 Å². The third-order valence-corrected chi connectivity index (χ3v) is 4.89. The number of anilines is 2.